The minimum Gasteiger partial charge on any atom is -0.550 e. The van der Waals surface area contributed by atoms with Gasteiger partial charge in [0.15, 0.2) is 0 Å². The second-order valence-corrected chi connectivity index (χ2v) is 8.37. The van der Waals surface area contributed by atoms with Crippen molar-refractivity contribution < 1.29 is 24.5 Å². The van der Waals surface area contributed by atoms with Crippen molar-refractivity contribution in [2.45, 2.75) is 142 Å². The number of carbonyl (C=O) groups excluding carboxylic acids is 2. The van der Waals surface area contributed by atoms with Crippen LogP contribution < -0.4 is 10.2 Å². The molecule has 0 radical (unpaired) electrons. The molecule has 0 saturated carbocycles. The molecule has 0 aromatic carbocycles. The largest absolute Gasteiger partial charge is 0.550 e. The van der Waals surface area contributed by atoms with Gasteiger partial charge in [0.05, 0.1) is 12.5 Å². The van der Waals surface area contributed by atoms with Crippen LogP contribution in [0.1, 0.15) is 142 Å². The van der Waals surface area contributed by atoms with E-state index in [-0.39, 0.29) is 12.8 Å². The van der Waals surface area contributed by atoms with E-state index in [1.807, 2.05) is 0 Å². The van der Waals surface area contributed by atoms with E-state index in [4.69, 9.17) is 0 Å². The smallest absolute Gasteiger partial charge is 0.0829 e. The van der Waals surface area contributed by atoms with Crippen LogP contribution in [0.25, 0.3) is 0 Å². The highest BCUT2D eigenvalue weighted by molar-refractivity contribution is 5.64. The van der Waals surface area contributed by atoms with Gasteiger partial charge in [0, 0.05) is 11.9 Å². The zero-order chi connectivity index (χ0) is 25.4. The Labute approximate surface area is 204 Å². The van der Waals surface area contributed by atoms with Crippen LogP contribution in [-0.4, -0.2) is 11.9 Å². The van der Waals surface area contributed by atoms with Gasteiger partial charge in [-0.15, -0.1) is 0 Å². The molecule has 196 valence electrons. The van der Waals surface area contributed by atoms with E-state index >= 15 is 0 Å². The van der Waals surface area contributed by atoms with E-state index in [1.54, 1.807) is 0 Å². The Morgan fingerprint density at radius 1 is 0.545 bits per heavy atom. The Morgan fingerprint density at radius 3 is 0.970 bits per heavy atom. The molecule has 0 spiro atoms. The van der Waals surface area contributed by atoms with Crippen molar-refractivity contribution in [3.05, 3.63) is 25.7 Å². The molecule has 0 rings (SSSR count). The highest BCUT2D eigenvalue weighted by atomic mass is 16.5. The Bertz CT molecular complexity index is 383. The van der Waals surface area contributed by atoms with Gasteiger partial charge in [-0.1, -0.05) is 130 Å². The first-order valence-corrected chi connectivity index (χ1v) is 13.2. The first kappa shape index (κ1) is 35.8. The number of ether oxygens (including phenoxy) is 1. The molecule has 5 nitrogen and oxygen atoms in total. The van der Waals surface area contributed by atoms with Gasteiger partial charge >= 0.3 is 0 Å². The highest BCUT2D eigenvalue weighted by Gasteiger charge is 1.93. The summed E-state index contributed by atoms with van der Waals surface area (Å²) in [7, 11) is 0. The highest BCUT2D eigenvalue weighted by Crippen LogP contribution is 2.11. The van der Waals surface area contributed by atoms with E-state index in [0.29, 0.717) is 0 Å². The molecule has 0 saturated heterocycles. The topological polar surface area (TPSA) is 89.5 Å². The molecule has 0 aliphatic rings. The maximum atomic E-state index is 10.1. The van der Waals surface area contributed by atoms with Crippen LogP contribution in [-0.2, 0) is 14.3 Å². The van der Waals surface area contributed by atoms with E-state index < -0.39 is 11.9 Å². The molecule has 0 aliphatic carbocycles. The molecular weight excluding hydrogens is 416 g/mol. The number of hydrogen-bond acceptors (Lipinski definition) is 5. The molecule has 0 aromatic heterocycles. The standard InChI is InChI=1S/2C12H24O2.C4H6O/c2*1-2-3-4-5-6-7-8-9-10-11-12(13)14;1-3-5-4-2/h2*2-11H2,1H3,(H,13,14);3-4H,1-2H2/p-2. The lowest BCUT2D eigenvalue weighted by Crippen LogP contribution is -2.21. The maximum Gasteiger partial charge on any atom is 0.0829 e. The second-order valence-electron chi connectivity index (χ2n) is 8.37. The summed E-state index contributed by atoms with van der Waals surface area (Å²) in [6, 6.07) is 0. The zero-order valence-corrected chi connectivity index (χ0v) is 21.8. The molecular formula is C28H52O5-2. The predicted molar refractivity (Wildman–Crippen MR) is 135 cm³/mol. The molecule has 0 aromatic rings. The Kier molecular flexibility index (Phi) is 37.8. The van der Waals surface area contributed by atoms with Gasteiger partial charge in [0.25, 0.3) is 0 Å². The number of aliphatic carboxylic acids is 2. The van der Waals surface area contributed by atoms with Crippen molar-refractivity contribution in [3.8, 4) is 0 Å². The third-order valence-electron chi connectivity index (χ3n) is 5.16. The van der Waals surface area contributed by atoms with Crippen molar-refractivity contribution in [1.82, 2.24) is 0 Å². The maximum absolute atomic E-state index is 10.1. The van der Waals surface area contributed by atoms with Gasteiger partial charge in [-0.3, -0.25) is 0 Å². The average Bonchev–Trinajstić information content (AvgIpc) is 2.78. The Hall–Kier alpha value is -1.78. The van der Waals surface area contributed by atoms with Crippen LogP contribution >= 0.6 is 0 Å². The van der Waals surface area contributed by atoms with Gasteiger partial charge in [-0.2, -0.15) is 0 Å². The van der Waals surface area contributed by atoms with Crippen molar-refractivity contribution in [1.29, 1.82) is 0 Å². The lowest BCUT2D eigenvalue weighted by Gasteiger charge is -2.02. The summed E-state index contributed by atoms with van der Waals surface area (Å²) in [4.78, 5) is 20.2. The number of unbranched alkanes of at least 4 members (excludes halogenated alkanes) is 16. The van der Waals surface area contributed by atoms with Crippen molar-refractivity contribution in [3.63, 3.8) is 0 Å². The third-order valence-corrected chi connectivity index (χ3v) is 5.16. The Balaban J connectivity index is -0.000000453. The number of hydrogen-bond donors (Lipinski definition) is 0. The summed E-state index contributed by atoms with van der Waals surface area (Å²) in [5.41, 5.74) is 0. The van der Waals surface area contributed by atoms with Gasteiger partial charge in [0.2, 0.25) is 0 Å². The van der Waals surface area contributed by atoms with Crippen molar-refractivity contribution in [2.24, 2.45) is 0 Å². The molecule has 0 atom stereocenters. The molecule has 0 heterocycles. The molecule has 33 heavy (non-hydrogen) atoms. The number of rotatable bonds is 22. The fourth-order valence-electron chi connectivity index (χ4n) is 3.23. The summed E-state index contributed by atoms with van der Waals surface area (Å²) >= 11 is 0. The molecule has 0 amide bonds. The van der Waals surface area contributed by atoms with Gasteiger partial charge in [-0.25, -0.2) is 0 Å². The predicted octanol–water partition coefficient (Wildman–Crippen LogP) is 6.60. The molecule has 0 unspecified atom stereocenters. The van der Waals surface area contributed by atoms with E-state index in [0.717, 1.165) is 25.7 Å². The van der Waals surface area contributed by atoms with Crippen LogP contribution in [0, 0.1) is 0 Å². The monoisotopic (exact) mass is 468 g/mol. The number of carbonyl (C=O) groups is 2. The lowest BCUT2D eigenvalue weighted by atomic mass is 10.1. The van der Waals surface area contributed by atoms with Gasteiger partial charge < -0.3 is 24.5 Å². The Morgan fingerprint density at radius 2 is 0.788 bits per heavy atom. The van der Waals surface area contributed by atoms with E-state index in [2.05, 4.69) is 31.7 Å². The summed E-state index contributed by atoms with van der Waals surface area (Å²) < 4.78 is 4.36. The van der Waals surface area contributed by atoms with E-state index in [1.165, 1.54) is 102 Å². The van der Waals surface area contributed by atoms with Crippen molar-refractivity contribution >= 4 is 11.9 Å². The summed E-state index contributed by atoms with van der Waals surface area (Å²) in [6.07, 6.45) is 25.0. The minimum absolute atomic E-state index is 0.232. The van der Waals surface area contributed by atoms with Crippen LogP contribution in [0.15, 0.2) is 25.7 Å². The van der Waals surface area contributed by atoms with Gasteiger partial charge in [-0.05, 0) is 25.7 Å². The zero-order valence-electron chi connectivity index (χ0n) is 21.8. The number of carboxylic acid groups (broad SMARTS) is 2. The molecule has 5 heteroatoms. The van der Waals surface area contributed by atoms with Crippen LogP contribution in [0.3, 0.4) is 0 Å². The third kappa shape index (κ3) is 48.7. The lowest BCUT2D eigenvalue weighted by molar-refractivity contribution is -0.307. The van der Waals surface area contributed by atoms with Crippen LogP contribution in [0.2, 0.25) is 0 Å². The SMILES string of the molecule is C=COC=C.CCCCCCCCCCCC(=O)[O-].CCCCCCCCCCCC(=O)[O-]. The van der Waals surface area contributed by atoms with Gasteiger partial charge in [0.1, 0.15) is 0 Å². The van der Waals surface area contributed by atoms with Crippen LogP contribution in [0.4, 0.5) is 0 Å². The van der Waals surface area contributed by atoms with Crippen LogP contribution in [0.5, 0.6) is 0 Å². The summed E-state index contributed by atoms with van der Waals surface area (Å²) in [5, 5.41) is 20.2. The summed E-state index contributed by atoms with van der Waals surface area (Å²) in [5.74, 6) is -1.82. The fourth-order valence-corrected chi connectivity index (χ4v) is 3.23. The first-order chi connectivity index (χ1) is 16.0. The molecule has 0 aliphatic heterocycles. The number of carboxylic acids is 2. The second kappa shape index (κ2) is 34.8. The quantitative estimate of drug-likeness (QED) is 0.132. The molecule has 0 N–H and O–H groups in total. The summed E-state index contributed by atoms with van der Waals surface area (Å²) in [6.45, 7) is 11.0. The fraction of sp³-hybridized carbons (Fsp3) is 0.786. The molecule has 0 fully saturated rings. The normalized spacial score (nSPS) is 9.64. The minimum atomic E-state index is -0.909. The van der Waals surface area contributed by atoms with E-state index in [9.17, 15) is 19.8 Å². The average molecular weight is 469 g/mol. The first-order valence-electron chi connectivity index (χ1n) is 13.2. The molecule has 0 bridgehead atoms. The van der Waals surface area contributed by atoms with Crippen molar-refractivity contribution in [2.75, 3.05) is 0 Å².